The van der Waals surface area contributed by atoms with Crippen molar-refractivity contribution in [3.05, 3.63) is 59.4 Å². The van der Waals surface area contributed by atoms with E-state index in [0.29, 0.717) is 16.6 Å². The van der Waals surface area contributed by atoms with Gasteiger partial charge >= 0.3 is 0 Å². The van der Waals surface area contributed by atoms with Crippen molar-refractivity contribution in [1.29, 1.82) is 0 Å². The lowest BCUT2D eigenvalue weighted by atomic mass is 10.3. The van der Waals surface area contributed by atoms with Gasteiger partial charge in [-0.05, 0) is 24.3 Å². The van der Waals surface area contributed by atoms with E-state index in [1.54, 1.807) is 12.3 Å². The smallest absolute Gasteiger partial charge is 0.232 e. The molecule has 0 spiro atoms. The van der Waals surface area contributed by atoms with Gasteiger partial charge in [0.25, 0.3) is 0 Å². The van der Waals surface area contributed by atoms with Crippen molar-refractivity contribution in [3.8, 4) is 16.6 Å². The molecule has 4 rings (SSSR count). The van der Waals surface area contributed by atoms with Gasteiger partial charge in [0.1, 0.15) is 5.69 Å². The summed E-state index contributed by atoms with van der Waals surface area (Å²) < 4.78 is 7.21. The van der Waals surface area contributed by atoms with E-state index in [9.17, 15) is 4.79 Å². The van der Waals surface area contributed by atoms with Crippen LogP contribution in [-0.2, 0) is 11.2 Å². The third kappa shape index (κ3) is 3.15. The molecule has 0 unspecified atom stereocenters. The Morgan fingerprint density at radius 1 is 1.17 bits per heavy atom. The van der Waals surface area contributed by atoms with Gasteiger partial charge in [-0.15, -0.1) is 22.7 Å². The van der Waals surface area contributed by atoms with Crippen molar-refractivity contribution in [2.75, 3.05) is 5.32 Å². The third-order valence-electron chi connectivity index (χ3n) is 3.23. The van der Waals surface area contributed by atoms with Gasteiger partial charge < -0.3 is 14.3 Å². The molecule has 0 saturated carbocycles. The number of carbonyl (C=O) groups is 1. The molecule has 8 heteroatoms. The average Bonchev–Trinajstić information content (AvgIpc) is 3.35. The minimum absolute atomic E-state index is 0.139. The van der Waals surface area contributed by atoms with Crippen molar-refractivity contribution in [2.24, 2.45) is 0 Å². The molecule has 4 heterocycles. The number of thiazole rings is 2. The van der Waals surface area contributed by atoms with E-state index in [2.05, 4.69) is 15.3 Å². The maximum atomic E-state index is 12.2. The van der Waals surface area contributed by atoms with Gasteiger partial charge in [0.2, 0.25) is 5.91 Å². The summed E-state index contributed by atoms with van der Waals surface area (Å²) in [4.78, 5) is 21.0. The Bertz CT molecular complexity index is 862. The minimum atomic E-state index is -0.139. The molecule has 0 aliphatic rings. The molecule has 120 valence electrons. The van der Waals surface area contributed by atoms with Crippen molar-refractivity contribution < 1.29 is 9.21 Å². The number of rotatable bonds is 5. The molecule has 4 aromatic rings. The molecule has 0 aromatic carbocycles. The van der Waals surface area contributed by atoms with Crippen LogP contribution in [0.5, 0.6) is 0 Å². The summed E-state index contributed by atoms with van der Waals surface area (Å²) in [5.74, 6) is 0.544. The first-order valence-electron chi connectivity index (χ1n) is 7.15. The van der Waals surface area contributed by atoms with Crippen LogP contribution in [0.2, 0.25) is 0 Å². The highest BCUT2D eigenvalue weighted by Gasteiger charge is 2.12. The molecule has 24 heavy (non-hydrogen) atoms. The van der Waals surface area contributed by atoms with Gasteiger partial charge in [0.15, 0.2) is 16.0 Å². The molecular formula is C16H12N4O2S2. The van der Waals surface area contributed by atoms with Crippen molar-refractivity contribution >= 4 is 33.7 Å². The Kier molecular flexibility index (Phi) is 3.97. The molecule has 0 aliphatic carbocycles. The van der Waals surface area contributed by atoms with E-state index >= 15 is 0 Å². The van der Waals surface area contributed by atoms with Crippen LogP contribution < -0.4 is 5.32 Å². The molecule has 0 aliphatic heterocycles. The predicted octanol–water partition coefficient (Wildman–Crippen LogP) is 3.83. The number of hydrogen-bond acceptors (Lipinski definition) is 6. The van der Waals surface area contributed by atoms with Crippen molar-refractivity contribution in [1.82, 2.24) is 14.5 Å². The number of furan rings is 1. The molecule has 1 amide bonds. The van der Waals surface area contributed by atoms with Gasteiger partial charge in [-0.3, -0.25) is 4.79 Å². The molecular weight excluding hydrogens is 344 g/mol. The second kappa shape index (κ2) is 6.42. The topological polar surface area (TPSA) is 73.0 Å². The van der Waals surface area contributed by atoms with E-state index in [-0.39, 0.29) is 12.3 Å². The van der Waals surface area contributed by atoms with Gasteiger partial charge in [0, 0.05) is 23.2 Å². The molecule has 0 radical (unpaired) electrons. The largest absolute Gasteiger partial charge is 0.463 e. The maximum absolute atomic E-state index is 12.2. The summed E-state index contributed by atoms with van der Waals surface area (Å²) in [6, 6.07) is 7.51. The molecule has 0 saturated heterocycles. The van der Waals surface area contributed by atoms with Crippen LogP contribution in [0.15, 0.2) is 58.1 Å². The highest BCUT2D eigenvalue weighted by Crippen LogP contribution is 2.25. The van der Waals surface area contributed by atoms with Gasteiger partial charge in [-0.2, -0.15) is 0 Å². The number of aromatic nitrogens is 3. The lowest BCUT2D eigenvalue weighted by molar-refractivity contribution is -0.115. The lowest BCUT2D eigenvalue weighted by Crippen LogP contribution is -2.14. The Hall–Kier alpha value is -2.71. The van der Waals surface area contributed by atoms with E-state index in [1.165, 1.54) is 22.7 Å². The van der Waals surface area contributed by atoms with E-state index in [0.717, 1.165) is 10.8 Å². The second-order valence-corrected chi connectivity index (χ2v) is 6.65. The van der Waals surface area contributed by atoms with Crippen LogP contribution in [0, 0.1) is 0 Å². The number of amides is 1. The maximum Gasteiger partial charge on any atom is 0.232 e. The Balaban J connectivity index is 1.40. The van der Waals surface area contributed by atoms with E-state index < -0.39 is 0 Å². The monoisotopic (exact) mass is 356 g/mol. The first kappa shape index (κ1) is 14.9. The normalized spacial score (nSPS) is 10.8. The predicted molar refractivity (Wildman–Crippen MR) is 93.6 cm³/mol. The first-order valence-corrected chi connectivity index (χ1v) is 8.91. The average molecular weight is 356 g/mol. The fourth-order valence-electron chi connectivity index (χ4n) is 2.15. The number of carbonyl (C=O) groups excluding carboxylic acids is 1. The summed E-state index contributed by atoms with van der Waals surface area (Å²) in [7, 11) is 0. The first-order chi connectivity index (χ1) is 11.8. The van der Waals surface area contributed by atoms with Crippen LogP contribution >= 0.6 is 22.7 Å². The SMILES string of the molecule is O=C(Cc1csc(-n2cccc2)n1)Nc1nc(-c2ccco2)cs1. The molecule has 4 aromatic heterocycles. The quantitative estimate of drug-likeness (QED) is 0.590. The standard InChI is InChI=1S/C16H12N4O2S2/c21-14(8-11-9-24-16(17-11)20-5-1-2-6-20)19-15-18-12(10-23-15)13-4-3-7-22-13/h1-7,9-10H,8H2,(H,18,19,21). The van der Waals surface area contributed by atoms with Crippen LogP contribution in [-0.4, -0.2) is 20.4 Å². The fourth-order valence-corrected chi connectivity index (χ4v) is 3.66. The summed E-state index contributed by atoms with van der Waals surface area (Å²) in [6.07, 6.45) is 5.66. The summed E-state index contributed by atoms with van der Waals surface area (Å²) in [5, 5.41) is 7.94. The van der Waals surface area contributed by atoms with Gasteiger partial charge in [-0.25, -0.2) is 9.97 Å². The Labute approximate surface area is 145 Å². The van der Waals surface area contributed by atoms with E-state index in [1.807, 2.05) is 45.9 Å². The summed E-state index contributed by atoms with van der Waals surface area (Å²) in [5.41, 5.74) is 1.45. The number of hydrogen-bond donors (Lipinski definition) is 1. The number of nitrogens with zero attached hydrogens (tertiary/aromatic N) is 3. The number of anilines is 1. The molecule has 1 N–H and O–H groups in total. The fraction of sp³-hybridized carbons (Fsp3) is 0.0625. The van der Waals surface area contributed by atoms with Crippen LogP contribution in [0.3, 0.4) is 0 Å². The molecule has 0 bridgehead atoms. The third-order valence-corrected chi connectivity index (χ3v) is 4.89. The lowest BCUT2D eigenvalue weighted by Gasteiger charge is -1.99. The zero-order valence-electron chi connectivity index (χ0n) is 12.4. The van der Waals surface area contributed by atoms with Gasteiger partial charge in [-0.1, -0.05) is 0 Å². The summed E-state index contributed by atoms with van der Waals surface area (Å²) in [6.45, 7) is 0. The van der Waals surface area contributed by atoms with E-state index in [4.69, 9.17) is 4.42 Å². The Morgan fingerprint density at radius 2 is 2.04 bits per heavy atom. The summed E-state index contributed by atoms with van der Waals surface area (Å²) >= 11 is 2.87. The zero-order chi connectivity index (χ0) is 16.4. The molecule has 0 fully saturated rings. The second-order valence-electron chi connectivity index (χ2n) is 4.95. The molecule has 0 atom stereocenters. The van der Waals surface area contributed by atoms with Crippen LogP contribution in [0.25, 0.3) is 16.6 Å². The minimum Gasteiger partial charge on any atom is -0.463 e. The van der Waals surface area contributed by atoms with Crippen LogP contribution in [0.1, 0.15) is 5.69 Å². The van der Waals surface area contributed by atoms with Gasteiger partial charge in [0.05, 0.1) is 18.4 Å². The number of nitrogens with one attached hydrogen (secondary N) is 1. The molecule has 6 nitrogen and oxygen atoms in total. The highest BCUT2D eigenvalue weighted by molar-refractivity contribution is 7.14. The van der Waals surface area contributed by atoms with Crippen molar-refractivity contribution in [3.63, 3.8) is 0 Å². The van der Waals surface area contributed by atoms with Crippen molar-refractivity contribution in [2.45, 2.75) is 6.42 Å². The zero-order valence-corrected chi connectivity index (χ0v) is 14.0. The Morgan fingerprint density at radius 3 is 2.83 bits per heavy atom. The van der Waals surface area contributed by atoms with Crippen LogP contribution in [0.4, 0.5) is 5.13 Å². The highest BCUT2D eigenvalue weighted by atomic mass is 32.1.